The second kappa shape index (κ2) is 2.74. The van der Waals surface area contributed by atoms with Crippen LogP contribution in [0.25, 0.3) is 0 Å². The van der Waals surface area contributed by atoms with Crippen LogP contribution in [-0.2, 0) is 5.41 Å². The molecular weight excluding hydrogens is 213 g/mol. The second-order valence-corrected chi connectivity index (χ2v) is 5.45. The summed E-state index contributed by atoms with van der Waals surface area (Å²) in [5.74, 6) is -0.256. The summed E-state index contributed by atoms with van der Waals surface area (Å²) in [4.78, 5) is 0. The van der Waals surface area contributed by atoms with Crippen molar-refractivity contribution in [1.82, 2.24) is 5.32 Å². The number of hydrogen-bond acceptors (Lipinski definition) is 1. The zero-order valence-electron chi connectivity index (χ0n) is 8.61. The zero-order valence-corrected chi connectivity index (χ0v) is 9.37. The molecule has 80 valence electrons. The zero-order chi connectivity index (χ0) is 10.7. The van der Waals surface area contributed by atoms with Crippen LogP contribution in [0.15, 0.2) is 18.2 Å². The lowest BCUT2D eigenvalue weighted by Gasteiger charge is -2.16. The number of piperidine rings is 1. The number of nitrogens with one attached hydrogen (secondary N) is 1. The van der Waals surface area contributed by atoms with E-state index in [1.54, 1.807) is 0 Å². The molecule has 1 saturated carbocycles. The summed E-state index contributed by atoms with van der Waals surface area (Å²) >= 11 is 6.12. The Labute approximate surface area is 93.6 Å². The van der Waals surface area contributed by atoms with E-state index in [-0.39, 0.29) is 11.2 Å². The van der Waals surface area contributed by atoms with Gasteiger partial charge in [0.2, 0.25) is 0 Å². The van der Waals surface area contributed by atoms with Crippen LogP contribution >= 0.6 is 11.6 Å². The van der Waals surface area contributed by atoms with Gasteiger partial charge >= 0.3 is 0 Å². The van der Waals surface area contributed by atoms with Crippen molar-refractivity contribution in [2.45, 2.75) is 18.8 Å². The van der Waals surface area contributed by atoms with E-state index in [1.807, 2.05) is 6.07 Å². The minimum atomic E-state index is -0.256. The Bertz CT molecular complexity index is 430. The highest BCUT2D eigenvalue weighted by Gasteiger charge is 2.68. The molecule has 1 aliphatic carbocycles. The third-order valence-corrected chi connectivity index (χ3v) is 4.42. The minimum absolute atomic E-state index is 0.164. The van der Waals surface area contributed by atoms with Gasteiger partial charge in [-0.2, -0.15) is 0 Å². The van der Waals surface area contributed by atoms with Crippen molar-refractivity contribution in [3.8, 4) is 0 Å². The largest absolute Gasteiger partial charge is 0.315 e. The van der Waals surface area contributed by atoms with Crippen LogP contribution in [0.5, 0.6) is 0 Å². The molecule has 0 bridgehead atoms. The Morgan fingerprint density at radius 2 is 2.20 bits per heavy atom. The Morgan fingerprint density at radius 3 is 2.73 bits per heavy atom. The molecule has 2 aliphatic rings. The lowest BCUT2D eigenvalue weighted by atomic mass is 9.90. The molecule has 2 fully saturated rings. The Hall–Kier alpha value is -0.600. The van der Waals surface area contributed by atoms with Crippen LogP contribution in [0.1, 0.15) is 18.9 Å². The first kappa shape index (κ1) is 9.61. The van der Waals surface area contributed by atoms with Gasteiger partial charge in [0.25, 0.3) is 0 Å². The maximum atomic E-state index is 13.0. The van der Waals surface area contributed by atoms with Crippen LogP contribution in [0, 0.1) is 11.2 Å². The lowest BCUT2D eigenvalue weighted by molar-refractivity contribution is 0.553. The van der Waals surface area contributed by atoms with Gasteiger partial charge in [-0.15, -0.1) is 0 Å². The fraction of sp³-hybridized carbons (Fsp3) is 0.500. The maximum Gasteiger partial charge on any atom is 0.124 e. The highest BCUT2D eigenvalue weighted by atomic mass is 35.5. The van der Waals surface area contributed by atoms with Crippen molar-refractivity contribution in [1.29, 1.82) is 0 Å². The van der Waals surface area contributed by atoms with Crippen molar-refractivity contribution in [3.63, 3.8) is 0 Å². The molecule has 1 aliphatic heterocycles. The van der Waals surface area contributed by atoms with Crippen LogP contribution in [-0.4, -0.2) is 13.1 Å². The van der Waals surface area contributed by atoms with E-state index in [4.69, 9.17) is 11.6 Å². The smallest absolute Gasteiger partial charge is 0.124 e. The fourth-order valence-corrected chi connectivity index (χ4v) is 3.42. The van der Waals surface area contributed by atoms with Crippen LogP contribution in [0.2, 0.25) is 5.02 Å². The molecule has 3 heteroatoms. The molecule has 1 aromatic carbocycles. The molecule has 1 nitrogen and oxygen atoms in total. The number of fused-ring (bicyclic) bond motifs is 1. The molecular formula is C12H13ClFN. The van der Waals surface area contributed by atoms with Crippen molar-refractivity contribution in [2.75, 3.05) is 13.1 Å². The van der Waals surface area contributed by atoms with Crippen molar-refractivity contribution < 1.29 is 4.39 Å². The summed E-state index contributed by atoms with van der Waals surface area (Å²) in [7, 11) is 0. The van der Waals surface area contributed by atoms with Gasteiger partial charge in [-0.05, 0) is 29.5 Å². The Morgan fingerprint density at radius 1 is 1.40 bits per heavy atom. The monoisotopic (exact) mass is 225 g/mol. The number of benzene rings is 1. The fourth-order valence-electron chi connectivity index (χ4n) is 3.07. The Kier molecular flexibility index (Phi) is 1.76. The number of halogens is 2. The standard InChI is InChI=1S/C12H13ClFN/c1-11-5-12(11,7-15-6-11)9-3-2-8(14)4-10(9)13/h2-4,15H,5-7H2,1H3/t11-,12+/m0/s1. The molecule has 15 heavy (non-hydrogen) atoms. The summed E-state index contributed by atoms with van der Waals surface area (Å²) in [5, 5.41) is 3.96. The first-order chi connectivity index (χ1) is 7.07. The number of hydrogen-bond donors (Lipinski definition) is 1. The summed E-state index contributed by atoms with van der Waals surface area (Å²) < 4.78 is 13.0. The third kappa shape index (κ3) is 1.12. The minimum Gasteiger partial charge on any atom is -0.315 e. The van der Waals surface area contributed by atoms with E-state index in [1.165, 1.54) is 18.6 Å². The molecule has 1 heterocycles. The first-order valence-corrected chi connectivity index (χ1v) is 5.62. The summed E-state index contributed by atoms with van der Waals surface area (Å²) in [6.45, 7) is 4.28. The lowest BCUT2D eigenvalue weighted by Crippen LogP contribution is -2.19. The van der Waals surface area contributed by atoms with E-state index in [0.717, 1.165) is 18.7 Å². The average molecular weight is 226 g/mol. The van der Waals surface area contributed by atoms with Gasteiger partial charge in [-0.25, -0.2) is 4.39 Å². The van der Waals surface area contributed by atoms with E-state index in [2.05, 4.69) is 12.2 Å². The summed E-state index contributed by atoms with van der Waals surface area (Å²) in [6, 6.07) is 4.77. The van der Waals surface area contributed by atoms with Gasteiger partial charge < -0.3 is 5.32 Å². The van der Waals surface area contributed by atoms with Crippen molar-refractivity contribution in [2.24, 2.45) is 5.41 Å². The van der Waals surface area contributed by atoms with Crippen LogP contribution < -0.4 is 5.32 Å². The molecule has 1 N–H and O–H groups in total. The molecule has 0 unspecified atom stereocenters. The van der Waals surface area contributed by atoms with E-state index in [9.17, 15) is 4.39 Å². The quantitative estimate of drug-likeness (QED) is 0.775. The van der Waals surface area contributed by atoms with Gasteiger partial charge in [0.15, 0.2) is 0 Å². The highest BCUT2D eigenvalue weighted by Crippen LogP contribution is 2.67. The van der Waals surface area contributed by atoms with Gasteiger partial charge in [-0.1, -0.05) is 24.6 Å². The van der Waals surface area contributed by atoms with E-state index < -0.39 is 0 Å². The van der Waals surface area contributed by atoms with Crippen molar-refractivity contribution >= 4 is 11.6 Å². The van der Waals surface area contributed by atoms with Gasteiger partial charge in [-0.3, -0.25) is 0 Å². The van der Waals surface area contributed by atoms with Gasteiger partial charge in [0.1, 0.15) is 5.82 Å². The summed E-state index contributed by atoms with van der Waals surface area (Å²) in [5.41, 5.74) is 1.60. The summed E-state index contributed by atoms with van der Waals surface area (Å²) in [6.07, 6.45) is 1.17. The van der Waals surface area contributed by atoms with E-state index in [0.29, 0.717) is 10.4 Å². The Balaban J connectivity index is 2.08. The predicted octanol–water partition coefficient (Wildman–Crippen LogP) is 2.73. The molecule has 1 aromatic rings. The molecule has 1 saturated heterocycles. The molecule has 0 aromatic heterocycles. The molecule has 2 atom stereocenters. The van der Waals surface area contributed by atoms with Gasteiger partial charge in [0, 0.05) is 23.5 Å². The third-order valence-electron chi connectivity index (χ3n) is 4.11. The van der Waals surface area contributed by atoms with Gasteiger partial charge in [0.05, 0.1) is 0 Å². The van der Waals surface area contributed by atoms with Crippen molar-refractivity contribution in [3.05, 3.63) is 34.6 Å². The predicted molar refractivity (Wildman–Crippen MR) is 58.7 cm³/mol. The van der Waals surface area contributed by atoms with E-state index >= 15 is 0 Å². The molecule has 3 rings (SSSR count). The topological polar surface area (TPSA) is 12.0 Å². The SMILES string of the molecule is C[C@]12CNC[C@@]1(c1ccc(F)cc1Cl)C2. The molecule has 0 radical (unpaired) electrons. The maximum absolute atomic E-state index is 13.0. The molecule has 0 spiro atoms. The highest BCUT2D eigenvalue weighted by molar-refractivity contribution is 6.31. The van der Waals surface area contributed by atoms with Crippen LogP contribution in [0.3, 0.4) is 0 Å². The average Bonchev–Trinajstić information content (AvgIpc) is 2.60. The molecule has 0 amide bonds. The first-order valence-electron chi connectivity index (χ1n) is 5.24. The second-order valence-electron chi connectivity index (χ2n) is 5.05. The normalized spacial score (nSPS) is 37.8. The number of rotatable bonds is 1. The van der Waals surface area contributed by atoms with Crippen LogP contribution in [0.4, 0.5) is 4.39 Å².